The number of carbonyl (C=O) groups is 1. The molecule has 0 N–H and O–H groups in total. The number of hydrogen-bond acceptors (Lipinski definition) is 5. The van der Waals surface area contributed by atoms with E-state index in [1.54, 1.807) is 4.90 Å². The summed E-state index contributed by atoms with van der Waals surface area (Å²) in [5.41, 5.74) is -0.155. The van der Waals surface area contributed by atoms with Gasteiger partial charge in [-0.1, -0.05) is 0 Å². The topological polar surface area (TPSA) is 101 Å². The molecule has 1 aromatic carbocycles. The second kappa shape index (κ2) is 6.41. The maximum atomic E-state index is 12.6. The molecule has 0 bridgehead atoms. The summed E-state index contributed by atoms with van der Waals surface area (Å²) in [4.78, 5) is 23.1. The van der Waals surface area contributed by atoms with Crippen molar-refractivity contribution in [3.63, 3.8) is 0 Å². The van der Waals surface area contributed by atoms with Crippen molar-refractivity contribution in [2.45, 2.75) is 18.2 Å². The van der Waals surface area contributed by atoms with Crippen molar-refractivity contribution < 1.29 is 18.1 Å². The van der Waals surface area contributed by atoms with Crippen LogP contribution >= 0.6 is 0 Å². The second-order valence-electron chi connectivity index (χ2n) is 5.01. The van der Waals surface area contributed by atoms with Crippen molar-refractivity contribution >= 4 is 21.6 Å². The van der Waals surface area contributed by atoms with E-state index in [2.05, 4.69) is 0 Å². The van der Waals surface area contributed by atoms with Crippen LogP contribution in [0.15, 0.2) is 29.2 Å². The zero-order valence-electron chi connectivity index (χ0n) is 12.1. The molecule has 1 aliphatic heterocycles. The van der Waals surface area contributed by atoms with Gasteiger partial charge in [0.15, 0.2) is 0 Å². The molecule has 1 saturated heterocycles. The van der Waals surface area contributed by atoms with Crippen molar-refractivity contribution in [3.8, 4) is 0 Å². The van der Waals surface area contributed by atoms with Crippen LogP contribution in [0.2, 0.25) is 0 Å². The number of non-ortho nitro benzene ring substituents is 1. The Morgan fingerprint density at radius 1 is 1.14 bits per heavy atom. The number of nitrogens with zero attached hydrogens (tertiary/aromatic N) is 3. The highest BCUT2D eigenvalue weighted by atomic mass is 32.2. The highest BCUT2D eigenvalue weighted by Gasteiger charge is 2.27. The first kappa shape index (κ1) is 16.4. The SMILES string of the molecule is CC(=O)N1CCCN(S(=O)(=O)c2ccc([N+](=O)[O-])cc2)CC1. The van der Waals surface area contributed by atoms with E-state index in [-0.39, 0.29) is 23.0 Å². The lowest BCUT2D eigenvalue weighted by Crippen LogP contribution is -2.36. The number of nitro groups is 1. The fourth-order valence-corrected chi connectivity index (χ4v) is 3.81. The minimum absolute atomic E-state index is 0.0226. The van der Waals surface area contributed by atoms with Crippen LogP contribution < -0.4 is 0 Å². The molecule has 22 heavy (non-hydrogen) atoms. The molecule has 1 aliphatic rings. The van der Waals surface area contributed by atoms with Crippen molar-refractivity contribution in [1.29, 1.82) is 0 Å². The Labute approximate surface area is 128 Å². The first-order chi connectivity index (χ1) is 10.3. The van der Waals surface area contributed by atoms with E-state index in [0.717, 1.165) is 0 Å². The maximum Gasteiger partial charge on any atom is 0.269 e. The fourth-order valence-electron chi connectivity index (χ4n) is 2.34. The number of rotatable bonds is 3. The molecule has 1 aromatic rings. The largest absolute Gasteiger partial charge is 0.342 e. The second-order valence-corrected chi connectivity index (χ2v) is 6.95. The van der Waals surface area contributed by atoms with Crippen LogP contribution in [0.4, 0.5) is 5.69 Å². The molecule has 120 valence electrons. The number of sulfonamides is 1. The van der Waals surface area contributed by atoms with Gasteiger partial charge in [-0.05, 0) is 18.6 Å². The lowest BCUT2D eigenvalue weighted by Gasteiger charge is -2.21. The monoisotopic (exact) mass is 327 g/mol. The first-order valence-corrected chi connectivity index (χ1v) is 8.26. The van der Waals surface area contributed by atoms with Crippen molar-refractivity contribution in [2.24, 2.45) is 0 Å². The summed E-state index contributed by atoms with van der Waals surface area (Å²) in [6.45, 7) is 2.88. The van der Waals surface area contributed by atoms with Crippen LogP contribution in [-0.4, -0.2) is 54.6 Å². The molecule has 0 atom stereocenters. The van der Waals surface area contributed by atoms with Crippen LogP contribution in [0.25, 0.3) is 0 Å². The molecule has 0 aromatic heterocycles. The standard InChI is InChI=1S/C13H17N3O5S/c1-11(17)14-7-2-8-15(10-9-14)22(20,21)13-5-3-12(4-6-13)16(18)19/h3-6H,2,7-10H2,1H3. The summed E-state index contributed by atoms with van der Waals surface area (Å²) in [6, 6.07) is 4.82. The average molecular weight is 327 g/mol. The smallest absolute Gasteiger partial charge is 0.269 e. The third-order valence-electron chi connectivity index (χ3n) is 3.59. The highest BCUT2D eigenvalue weighted by Crippen LogP contribution is 2.20. The van der Waals surface area contributed by atoms with Gasteiger partial charge in [-0.3, -0.25) is 14.9 Å². The quantitative estimate of drug-likeness (QED) is 0.605. The summed E-state index contributed by atoms with van der Waals surface area (Å²) in [5, 5.41) is 10.6. The Morgan fingerprint density at radius 2 is 1.77 bits per heavy atom. The van der Waals surface area contributed by atoms with Gasteiger partial charge in [0.2, 0.25) is 15.9 Å². The van der Waals surface area contributed by atoms with Gasteiger partial charge in [0.1, 0.15) is 0 Å². The van der Waals surface area contributed by atoms with Crippen molar-refractivity contribution in [1.82, 2.24) is 9.21 Å². The normalized spacial score (nSPS) is 17.0. The molecule has 0 aliphatic carbocycles. The number of benzene rings is 1. The molecule has 0 radical (unpaired) electrons. The van der Waals surface area contributed by atoms with E-state index in [9.17, 15) is 23.3 Å². The summed E-state index contributed by atoms with van der Waals surface area (Å²) >= 11 is 0. The Bertz CT molecular complexity index is 671. The lowest BCUT2D eigenvalue weighted by atomic mass is 10.3. The van der Waals surface area contributed by atoms with Crippen molar-refractivity contribution in [3.05, 3.63) is 34.4 Å². The molecule has 0 unspecified atom stereocenters. The van der Waals surface area contributed by atoms with Crippen LogP contribution in [0.3, 0.4) is 0 Å². The number of hydrogen-bond donors (Lipinski definition) is 0. The molecule has 2 rings (SSSR count). The molecule has 1 amide bonds. The minimum Gasteiger partial charge on any atom is -0.342 e. The van der Waals surface area contributed by atoms with E-state index in [1.807, 2.05) is 0 Å². The van der Waals surface area contributed by atoms with Gasteiger partial charge in [-0.15, -0.1) is 0 Å². The fraction of sp³-hybridized carbons (Fsp3) is 0.462. The third kappa shape index (κ3) is 3.42. The number of nitro benzene ring substituents is 1. The number of carbonyl (C=O) groups excluding carboxylic acids is 1. The summed E-state index contributed by atoms with van der Waals surface area (Å²) in [7, 11) is -3.70. The Balaban J connectivity index is 2.19. The molecular weight excluding hydrogens is 310 g/mol. The zero-order valence-corrected chi connectivity index (χ0v) is 13.0. The Hall–Kier alpha value is -2.00. The first-order valence-electron chi connectivity index (χ1n) is 6.82. The van der Waals surface area contributed by atoms with E-state index < -0.39 is 14.9 Å². The van der Waals surface area contributed by atoms with E-state index in [1.165, 1.54) is 35.5 Å². The van der Waals surface area contributed by atoms with Crippen LogP contribution in [-0.2, 0) is 14.8 Å². The van der Waals surface area contributed by atoms with Gasteiger partial charge < -0.3 is 4.90 Å². The predicted molar refractivity (Wildman–Crippen MR) is 78.7 cm³/mol. The maximum absolute atomic E-state index is 12.6. The Morgan fingerprint density at radius 3 is 2.32 bits per heavy atom. The van der Waals surface area contributed by atoms with Crippen molar-refractivity contribution in [2.75, 3.05) is 26.2 Å². The Kier molecular flexibility index (Phi) is 4.77. The van der Waals surface area contributed by atoms with Crippen LogP contribution in [0.5, 0.6) is 0 Å². The summed E-state index contributed by atoms with van der Waals surface area (Å²) < 4.78 is 26.4. The van der Waals surface area contributed by atoms with Gasteiger partial charge >= 0.3 is 0 Å². The van der Waals surface area contributed by atoms with Gasteiger partial charge in [0.05, 0.1) is 9.82 Å². The minimum atomic E-state index is -3.70. The van der Waals surface area contributed by atoms with Gasteiger partial charge in [-0.2, -0.15) is 4.31 Å². The molecule has 1 fully saturated rings. The highest BCUT2D eigenvalue weighted by molar-refractivity contribution is 7.89. The summed E-state index contributed by atoms with van der Waals surface area (Å²) in [5.74, 6) is -0.0745. The molecule has 1 heterocycles. The molecule has 9 heteroatoms. The van der Waals surface area contributed by atoms with E-state index in [0.29, 0.717) is 26.1 Å². The molecule has 8 nitrogen and oxygen atoms in total. The number of amides is 1. The molecule has 0 saturated carbocycles. The lowest BCUT2D eigenvalue weighted by molar-refractivity contribution is -0.384. The van der Waals surface area contributed by atoms with Gasteiger partial charge in [0.25, 0.3) is 5.69 Å². The zero-order chi connectivity index (χ0) is 16.3. The molecule has 0 spiro atoms. The van der Waals surface area contributed by atoms with Crippen LogP contribution in [0, 0.1) is 10.1 Å². The third-order valence-corrected chi connectivity index (χ3v) is 5.50. The van der Waals surface area contributed by atoms with Crippen LogP contribution in [0.1, 0.15) is 13.3 Å². The van der Waals surface area contributed by atoms with E-state index >= 15 is 0 Å². The van der Waals surface area contributed by atoms with Gasteiger partial charge in [0, 0.05) is 45.2 Å². The predicted octanol–water partition coefficient (Wildman–Crippen LogP) is 0.838. The van der Waals surface area contributed by atoms with E-state index in [4.69, 9.17) is 0 Å². The van der Waals surface area contributed by atoms with Gasteiger partial charge in [-0.25, -0.2) is 8.42 Å². The summed E-state index contributed by atoms with van der Waals surface area (Å²) in [6.07, 6.45) is 0.561. The molecular formula is C13H17N3O5S. The average Bonchev–Trinajstić information content (AvgIpc) is 2.73.